The number of aromatic nitrogens is 4. The van der Waals surface area contributed by atoms with E-state index in [1.807, 2.05) is 0 Å². The molecule has 0 aromatic carbocycles. The van der Waals surface area contributed by atoms with Crippen LogP contribution < -0.4 is 10.1 Å². The lowest BCUT2D eigenvalue weighted by Gasteiger charge is -2.34. The third kappa shape index (κ3) is 3.84. The molecule has 7 nitrogen and oxygen atoms in total. The number of carbonyl (C=O) groups is 1. The second kappa shape index (κ2) is 7.84. The van der Waals surface area contributed by atoms with Crippen molar-refractivity contribution in [2.45, 2.75) is 31.6 Å². The summed E-state index contributed by atoms with van der Waals surface area (Å²) >= 11 is 6.99. The molecule has 3 aromatic rings. The predicted octanol–water partition coefficient (Wildman–Crippen LogP) is 4.73. The lowest BCUT2D eigenvalue weighted by Crippen LogP contribution is -2.36. The third-order valence-corrected chi connectivity index (χ3v) is 6.02. The van der Waals surface area contributed by atoms with Gasteiger partial charge in [0.25, 0.3) is 11.8 Å². The Kier molecular flexibility index (Phi) is 5.37. The van der Waals surface area contributed by atoms with E-state index in [1.165, 1.54) is 19.5 Å². The van der Waals surface area contributed by atoms with E-state index in [4.69, 9.17) is 16.3 Å². The Morgan fingerprint density at radius 1 is 1.27 bits per heavy atom. The van der Waals surface area contributed by atoms with Gasteiger partial charge in [-0.1, -0.05) is 22.9 Å². The van der Waals surface area contributed by atoms with Gasteiger partial charge in [-0.05, 0) is 25.5 Å². The fourth-order valence-corrected chi connectivity index (χ4v) is 4.25. The molecule has 30 heavy (non-hydrogen) atoms. The first kappa shape index (κ1) is 20.5. The SMILES string of the molecule is COc1cnc(Cl)cc1-c1cc(C)ncc1C(=O)Nc1nnc(C2CCC2(F)F)s1. The number of ether oxygens (including phenoxy) is 1. The fraction of sp³-hybridized carbons (Fsp3) is 0.316. The number of aryl methyl sites for hydroxylation is 1. The molecule has 1 fully saturated rings. The summed E-state index contributed by atoms with van der Waals surface area (Å²) in [6.45, 7) is 1.79. The van der Waals surface area contributed by atoms with Crippen molar-refractivity contribution in [2.75, 3.05) is 12.4 Å². The van der Waals surface area contributed by atoms with Gasteiger partial charge in [-0.3, -0.25) is 15.1 Å². The number of amides is 1. The molecule has 4 rings (SSSR count). The number of rotatable bonds is 5. The smallest absolute Gasteiger partial charge is 0.259 e. The maximum Gasteiger partial charge on any atom is 0.259 e. The van der Waals surface area contributed by atoms with Crippen molar-refractivity contribution < 1.29 is 18.3 Å². The lowest BCUT2D eigenvalue weighted by atomic mass is 9.81. The Balaban J connectivity index is 1.65. The summed E-state index contributed by atoms with van der Waals surface area (Å²) < 4.78 is 32.6. The van der Waals surface area contributed by atoms with E-state index in [1.54, 1.807) is 19.1 Å². The molecule has 0 bridgehead atoms. The number of anilines is 1. The summed E-state index contributed by atoms with van der Waals surface area (Å²) in [5, 5.41) is 10.9. The minimum absolute atomic E-state index is 0.143. The Labute approximate surface area is 179 Å². The number of pyridine rings is 2. The summed E-state index contributed by atoms with van der Waals surface area (Å²) in [6, 6.07) is 3.32. The molecule has 0 radical (unpaired) electrons. The zero-order valence-electron chi connectivity index (χ0n) is 15.9. The number of hydrogen-bond acceptors (Lipinski definition) is 7. The summed E-state index contributed by atoms with van der Waals surface area (Å²) in [4.78, 5) is 21.1. The van der Waals surface area contributed by atoms with Crippen LogP contribution in [0.3, 0.4) is 0 Å². The van der Waals surface area contributed by atoms with Crippen molar-refractivity contribution >= 4 is 34.0 Å². The van der Waals surface area contributed by atoms with Gasteiger partial charge < -0.3 is 4.74 Å². The molecule has 11 heteroatoms. The van der Waals surface area contributed by atoms with Crippen LogP contribution in [0, 0.1) is 6.92 Å². The molecule has 1 saturated carbocycles. The molecule has 1 aliphatic carbocycles. The van der Waals surface area contributed by atoms with Crippen molar-refractivity contribution in [3.05, 3.63) is 45.9 Å². The summed E-state index contributed by atoms with van der Waals surface area (Å²) in [5.41, 5.74) is 2.03. The van der Waals surface area contributed by atoms with Crippen LogP contribution in [0.15, 0.2) is 24.5 Å². The molecule has 1 N–H and O–H groups in total. The van der Waals surface area contributed by atoms with Crippen molar-refractivity contribution in [1.29, 1.82) is 0 Å². The second-order valence-electron chi connectivity index (χ2n) is 6.83. The Hall–Kier alpha value is -2.72. The number of carbonyl (C=O) groups excluding carboxylic acids is 1. The van der Waals surface area contributed by atoms with Crippen LogP contribution in [0.4, 0.5) is 13.9 Å². The van der Waals surface area contributed by atoms with Crippen LogP contribution in [0.25, 0.3) is 11.1 Å². The molecule has 1 aliphatic rings. The van der Waals surface area contributed by atoms with Gasteiger partial charge in [0.1, 0.15) is 15.9 Å². The minimum Gasteiger partial charge on any atom is -0.494 e. The van der Waals surface area contributed by atoms with Crippen molar-refractivity contribution in [3.8, 4) is 16.9 Å². The van der Waals surface area contributed by atoms with Crippen LogP contribution in [0.5, 0.6) is 5.75 Å². The average molecular weight is 452 g/mol. The highest BCUT2D eigenvalue weighted by molar-refractivity contribution is 7.15. The predicted molar refractivity (Wildman–Crippen MR) is 109 cm³/mol. The molecule has 1 atom stereocenters. The van der Waals surface area contributed by atoms with E-state index in [0.29, 0.717) is 29.0 Å². The Bertz CT molecular complexity index is 1120. The standard InChI is InChI=1S/C19H16ClF2N5O2S/c1-9-5-10(11-6-15(20)24-8-14(11)29-2)12(7-23-9)16(28)25-18-27-26-17(30-18)13-3-4-19(13,21)22/h5-8,13H,3-4H2,1-2H3,(H,25,27,28). The van der Waals surface area contributed by atoms with Crippen molar-refractivity contribution in [3.63, 3.8) is 0 Å². The number of methoxy groups -OCH3 is 1. The number of halogens is 3. The Morgan fingerprint density at radius 3 is 2.73 bits per heavy atom. The molecule has 1 unspecified atom stereocenters. The quantitative estimate of drug-likeness (QED) is 0.564. The minimum atomic E-state index is -2.77. The van der Waals surface area contributed by atoms with E-state index in [0.717, 1.165) is 11.3 Å². The van der Waals surface area contributed by atoms with Crippen LogP contribution >= 0.6 is 22.9 Å². The topological polar surface area (TPSA) is 89.9 Å². The van der Waals surface area contributed by atoms with Gasteiger partial charge in [0.2, 0.25) is 5.13 Å². The number of nitrogens with zero attached hydrogens (tertiary/aromatic N) is 4. The zero-order chi connectivity index (χ0) is 21.5. The van der Waals surface area contributed by atoms with Crippen LogP contribution in [-0.4, -0.2) is 39.1 Å². The molecule has 0 spiro atoms. The van der Waals surface area contributed by atoms with Crippen LogP contribution in [0.1, 0.15) is 39.8 Å². The first-order chi connectivity index (χ1) is 14.3. The molecule has 0 saturated heterocycles. The summed E-state index contributed by atoms with van der Waals surface area (Å²) in [6.07, 6.45) is 3.08. The van der Waals surface area contributed by atoms with Crippen molar-refractivity contribution in [1.82, 2.24) is 20.2 Å². The average Bonchev–Trinajstić information content (AvgIpc) is 3.14. The van der Waals surface area contributed by atoms with Crippen molar-refractivity contribution in [2.24, 2.45) is 0 Å². The van der Waals surface area contributed by atoms with Gasteiger partial charge in [0, 0.05) is 29.4 Å². The number of alkyl halides is 2. The highest BCUT2D eigenvalue weighted by Crippen LogP contribution is 2.50. The Morgan fingerprint density at radius 2 is 2.07 bits per heavy atom. The van der Waals surface area contributed by atoms with Gasteiger partial charge in [-0.25, -0.2) is 13.8 Å². The van der Waals surface area contributed by atoms with E-state index in [2.05, 4.69) is 25.5 Å². The van der Waals surface area contributed by atoms with E-state index >= 15 is 0 Å². The first-order valence-electron chi connectivity index (χ1n) is 8.97. The maximum atomic E-state index is 13.6. The highest BCUT2D eigenvalue weighted by Gasteiger charge is 2.50. The summed E-state index contributed by atoms with van der Waals surface area (Å²) in [5.74, 6) is -3.79. The molecule has 1 amide bonds. The molecular formula is C19H16ClF2N5O2S. The molecular weight excluding hydrogens is 436 g/mol. The lowest BCUT2D eigenvalue weighted by molar-refractivity contribution is -0.0964. The normalized spacial score (nSPS) is 17.3. The first-order valence-corrected chi connectivity index (χ1v) is 10.2. The van der Waals surface area contributed by atoms with Gasteiger partial charge in [-0.2, -0.15) is 0 Å². The van der Waals surface area contributed by atoms with Gasteiger partial charge in [-0.15, -0.1) is 10.2 Å². The maximum absolute atomic E-state index is 13.6. The highest BCUT2D eigenvalue weighted by atomic mass is 35.5. The monoisotopic (exact) mass is 451 g/mol. The third-order valence-electron chi connectivity index (χ3n) is 4.86. The number of nitrogens with one attached hydrogen (secondary N) is 1. The van der Waals surface area contributed by atoms with E-state index < -0.39 is 17.7 Å². The van der Waals surface area contributed by atoms with E-state index in [-0.39, 0.29) is 27.3 Å². The fourth-order valence-electron chi connectivity index (χ4n) is 3.16. The second-order valence-corrected chi connectivity index (χ2v) is 8.23. The van der Waals surface area contributed by atoms with Gasteiger partial charge in [0.05, 0.1) is 24.8 Å². The molecule has 3 heterocycles. The largest absolute Gasteiger partial charge is 0.494 e. The number of hydrogen-bond donors (Lipinski definition) is 1. The molecule has 3 aromatic heterocycles. The van der Waals surface area contributed by atoms with Crippen LogP contribution in [-0.2, 0) is 0 Å². The van der Waals surface area contributed by atoms with Gasteiger partial charge in [0.15, 0.2) is 0 Å². The molecule has 0 aliphatic heterocycles. The zero-order valence-corrected chi connectivity index (χ0v) is 17.5. The van der Waals surface area contributed by atoms with Crippen LogP contribution in [0.2, 0.25) is 5.15 Å². The van der Waals surface area contributed by atoms with E-state index in [9.17, 15) is 13.6 Å². The summed E-state index contributed by atoms with van der Waals surface area (Å²) in [7, 11) is 1.49. The molecule has 156 valence electrons. The van der Waals surface area contributed by atoms with Gasteiger partial charge >= 0.3 is 0 Å².